The summed E-state index contributed by atoms with van der Waals surface area (Å²) in [7, 11) is -3.57. The molecule has 0 bridgehead atoms. The summed E-state index contributed by atoms with van der Waals surface area (Å²) >= 11 is 5.98. The van der Waals surface area contributed by atoms with Crippen molar-refractivity contribution in [3.63, 3.8) is 0 Å². The lowest BCUT2D eigenvalue weighted by Crippen LogP contribution is -2.18. The molecule has 0 atom stereocenters. The zero-order chi connectivity index (χ0) is 22.8. The van der Waals surface area contributed by atoms with Gasteiger partial charge in [-0.3, -0.25) is 9.52 Å². The number of anilines is 2. The van der Waals surface area contributed by atoms with Crippen molar-refractivity contribution in [3.8, 4) is 11.3 Å². The molecule has 1 aromatic heterocycles. The van der Waals surface area contributed by atoms with Crippen molar-refractivity contribution in [1.29, 1.82) is 0 Å². The summed E-state index contributed by atoms with van der Waals surface area (Å²) in [6.45, 7) is -1.26. The molecule has 164 valence electrons. The van der Waals surface area contributed by atoms with Crippen molar-refractivity contribution in [2.45, 2.75) is 12.7 Å². The van der Waals surface area contributed by atoms with Gasteiger partial charge in [-0.15, -0.1) is 0 Å². The standard InChI is InChI=1S/C20H17ClF3N3O3S/c1-31(29,30)26-17-9-15(21)8-16(10-17)25-19(28)14-7-18(13-5-3-2-4-6-13)27(11-14)12-20(22,23)24/h2-11,26H,12H2,1H3,(H,25,28). The van der Waals surface area contributed by atoms with Gasteiger partial charge < -0.3 is 9.88 Å². The number of carbonyl (C=O) groups is 1. The molecule has 0 fully saturated rings. The Morgan fingerprint density at radius 2 is 1.71 bits per heavy atom. The minimum absolute atomic E-state index is 0.000649. The number of halogens is 4. The molecule has 31 heavy (non-hydrogen) atoms. The minimum atomic E-state index is -4.48. The number of sulfonamides is 1. The predicted octanol–water partition coefficient (Wildman–Crippen LogP) is 4.99. The number of nitrogens with one attached hydrogen (secondary N) is 2. The summed E-state index contributed by atoms with van der Waals surface area (Å²) in [4.78, 5) is 12.7. The predicted molar refractivity (Wildman–Crippen MR) is 114 cm³/mol. The van der Waals surface area contributed by atoms with Crippen LogP contribution in [0.15, 0.2) is 60.8 Å². The smallest absolute Gasteiger partial charge is 0.338 e. The van der Waals surface area contributed by atoms with E-state index < -0.39 is 28.7 Å². The second-order valence-electron chi connectivity index (χ2n) is 6.78. The highest BCUT2D eigenvalue weighted by molar-refractivity contribution is 7.92. The van der Waals surface area contributed by atoms with Gasteiger partial charge in [-0.25, -0.2) is 8.42 Å². The summed E-state index contributed by atoms with van der Waals surface area (Å²) in [5, 5.41) is 2.68. The molecule has 3 rings (SSSR count). The van der Waals surface area contributed by atoms with E-state index in [1.165, 1.54) is 24.3 Å². The second-order valence-corrected chi connectivity index (χ2v) is 8.96. The van der Waals surface area contributed by atoms with E-state index in [-0.39, 0.29) is 27.7 Å². The molecule has 0 saturated heterocycles. The molecule has 3 aromatic rings. The van der Waals surface area contributed by atoms with Crippen LogP contribution in [-0.4, -0.2) is 31.3 Å². The van der Waals surface area contributed by atoms with Crippen LogP contribution in [0.25, 0.3) is 11.3 Å². The molecule has 0 aliphatic heterocycles. The summed E-state index contributed by atoms with van der Waals surface area (Å²) in [6, 6.07) is 13.8. The summed E-state index contributed by atoms with van der Waals surface area (Å²) in [5.74, 6) is -0.675. The highest BCUT2D eigenvalue weighted by Gasteiger charge is 2.29. The maximum Gasteiger partial charge on any atom is 0.406 e. The molecule has 0 unspecified atom stereocenters. The highest BCUT2D eigenvalue weighted by Crippen LogP contribution is 2.28. The Hall–Kier alpha value is -2.98. The molecule has 1 amide bonds. The number of hydrogen-bond donors (Lipinski definition) is 2. The summed E-state index contributed by atoms with van der Waals surface area (Å²) < 4.78 is 65.1. The van der Waals surface area contributed by atoms with Gasteiger partial charge in [0.1, 0.15) is 6.54 Å². The van der Waals surface area contributed by atoms with Gasteiger partial charge in [-0.05, 0) is 29.8 Å². The Kier molecular flexibility index (Phi) is 6.33. The largest absolute Gasteiger partial charge is 0.406 e. The van der Waals surface area contributed by atoms with Crippen LogP contribution in [0, 0.1) is 0 Å². The quantitative estimate of drug-likeness (QED) is 0.531. The van der Waals surface area contributed by atoms with Crippen molar-refractivity contribution in [2.24, 2.45) is 0 Å². The van der Waals surface area contributed by atoms with E-state index in [0.717, 1.165) is 17.0 Å². The third-order valence-electron chi connectivity index (χ3n) is 4.04. The van der Waals surface area contributed by atoms with E-state index in [1.807, 2.05) is 0 Å². The first kappa shape index (κ1) is 22.7. The number of aromatic nitrogens is 1. The van der Waals surface area contributed by atoms with Crippen LogP contribution in [0.3, 0.4) is 0 Å². The van der Waals surface area contributed by atoms with Crippen molar-refractivity contribution in [1.82, 2.24) is 4.57 Å². The Balaban J connectivity index is 1.92. The molecule has 0 saturated carbocycles. The van der Waals surface area contributed by atoms with Gasteiger partial charge in [0.15, 0.2) is 0 Å². The monoisotopic (exact) mass is 471 g/mol. The zero-order valence-electron chi connectivity index (χ0n) is 16.1. The van der Waals surface area contributed by atoms with E-state index in [9.17, 15) is 26.4 Å². The number of hydrogen-bond acceptors (Lipinski definition) is 3. The van der Waals surface area contributed by atoms with E-state index in [2.05, 4.69) is 10.0 Å². The normalized spacial score (nSPS) is 11.9. The van der Waals surface area contributed by atoms with Gasteiger partial charge in [-0.1, -0.05) is 41.9 Å². The number of carbonyl (C=O) groups excluding carboxylic acids is 1. The average molecular weight is 472 g/mol. The third-order valence-corrected chi connectivity index (χ3v) is 4.86. The Bertz CT molecular complexity index is 1210. The number of benzene rings is 2. The minimum Gasteiger partial charge on any atom is -0.338 e. The SMILES string of the molecule is CS(=O)(=O)Nc1cc(Cl)cc(NC(=O)c2cc(-c3ccccc3)n(CC(F)(F)F)c2)c1. The van der Waals surface area contributed by atoms with E-state index in [4.69, 9.17) is 11.6 Å². The van der Waals surface area contributed by atoms with E-state index >= 15 is 0 Å². The van der Waals surface area contributed by atoms with Crippen molar-refractivity contribution in [2.75, 3.05) is 16.3 Å². The number of nitrogens with zero attached hydrogens (tertiary/aromatic N) is 1. The fourth-order valence-electron chi connectivity index (χ4n) is 2.95. The molecule has 1 heterocycles. The Morgan fingerprint density at radius 3 is 2.32 bits per heavy atom. The van der Waals surface area contributed by atoms with Gasteiger partial charge >= 0.3 is 6.18 Å². The van der Waals surface area contributed by atoms with Crippen LogP contribution in [0.5, 0.6) is 0 Å². The van der Waals surface area contributed by atoms with Crippen molar-refractivity contribution in [3.05, 3.63) is 71.4 Å². The van der Waals surface area contributed by atoms with Crippen molar-refractivity contribution < 1.29 is 26.4 Å². The van der Waals surface area contributed by atoms with Gasteiger partial charge in [0.05, 0.1) is 17.5 Å². The zero-order valence-corrected chi connectivity index (χ0v) is 17.6. The lowest BCUT2D eigenvalue weighted by atomic mass is 10.1. The summed E-state index contributed by atoms with van der Waals surface area (Å²) in [6.07, 6.45) is -2.40. The number of alkyl halides is 3. The van der Waals surface area contributed by atoms with Gasteiger partial charge in [0.2, 0.25) is 10.0 Å². The maximum absolute atomic E-state index is 13.0. The topological polar surface area (TPSA) is 80.2 Å². The fraction of sp³-hybridized carbons (Fsp3) is 0.150. The molecular weight excluding hydrogens is 455 g/mol. The van der Waals surface area contributed by atoms with Crippen LogP contribution in [0.4, 0.5) is 24.5 Å². The lowest BCUT2D eigenvalue weighted by Gasteiger charge is -2.11. The molecule has 6 nitrogen and oxygen atoms in total. The summed E-state index contributed by atoms with van der Waals surface area (Å²) in [5.41, 5.74) is 1.06. The molecule has 2 N–H and O–H groups in total. The van der Waals surface area contributed by atoms with E-state index in [0.29, 0.717) is 5.56 Å². The second kappa shape index (κ2) is 8.64. The van der Waals surface area contributed by atoms with Gasteiger partial charge in [-0.2, -0.15) is 13.2 Å². The highest BCUT2D eigenvalue weighted by atomic mass is 35.5. The number of amides is 1. The first-order valence-corrected chi connectivity index (χ1v) is 11.1. The van der Waals surface area contributed by atoms with Crippen LogP contribution in [0.2, 0.25) is 5.02 Å². The molecule has 2 aromatic carbocycles. The van der Waals surface area contributed by atoms with Gasteiger partial charge in [0, 0.05) is 22.6 Å². The Morgan fingerprint density at radius 1 is 1.06 bits per heavy atom. The van der Waals surface area contributed by atoms with E-state index in [1.54, 1.807) is 30.3 Å². The number of rotatable bonds is 6. The van der Waals surface area contributed by atoms with Crippen LogP contribution in [0.1, 0.15) is 10.4 Å². The molecular formula is C20H17ClF3N3O3S. The fourth-order valence-corrected chi connectivity index (χ4v) is 3.73. The molecule has 0 spiro atoms. The lowest BCUT2D eigenvalue weighted by molar-refractivity contribution is -0.140. The molecule has 11 heteroatoms. The van der Waals surface area contributed by atoms with Crippen LogP contribution < -0.4 is 10.0 Å². The first-order valence-electron chi connectivity index (χ1n) is 8.82. The average Bonchev–Trinajstić information content (AvgIpc) is 3.02. The third kappa shape index (κ3) is 6.50. The van der Waals surface area contributed by atoms with Crippen molar-refractivity contribution >= 4 is 38.9 Å². The van der Waals surface area contributed by atoms with Crippen LogP contribution in [-0.2, 0) is 16.6 Å². The van der Waals surface area contributed by atoms with Gasteiger partial charge in [0.25, 0.3) is 5.91 Å². The molecule has 0 aliphatic rings. The maximum atomic E-state index is 13.0. The van der Waals surface area contributed by atoms with Crippen LogP contribution >= 0.6 is 11.6 Å². The molecule has 0 radical (unpaired) electrons. The molecule has 0 aliphatic carbocycles. The first-order chi connectivity index (χ1) is 14.4. The Labute approximate surface area is 181 Å².